The molecule has 1 aromatic rings. The number of hydrogen-bond acceptors (Lipinski definition) is 3. The number of ether oxygens (including phenoxy) is 1. The lowest BCUT2D eigenvalue weighted by Gasteiger charge is -2.27. The fourth-order valence-electron chi connectivity index (χ4n) is 2.63. The van der Waals surface area contributed by atoms with E-state index < -0.39 is 0 Å². The van der Waals surface area contributed by atoms with Gasteiger partial charge in [-0.25, -0.2) is 0 Å². The van der Waals surface area contributed by atoms with Crippen LogP contribution in [0.2, 0.25) is 0 Å². The van der Waals surface area contributed by atoms with E-state index in [2.05, 4.69) is 35.5 Å². The Labute approximate surface area is 122 Å². The highest BCUT2D eigenvalue weighted by molar-refractivity contribution is 5.85. The van der Waals surface area contributed by atoms with Crippen molar-refractivity contribution < 1.29 is 4.74 Å². The Kier molecular flexibility index (Phi) is 7.21. The highest BCUT2D eigenvalue weighted by Crippen LogP contribution is 2.18. The highest BCUT2D eigenvalue weighted by atomic mass is 35.5. The number of hydrogen-bond donors (Lipinski definition) is 1. The van der Waals surface area contributed by atoms with Crippen LogP contribution < -0.4 is 10.1 Å². The first-order chi connectivity index (χ1) is 8.79. The second-order valence-corrected chi connectivity index (χ2v) is 5.10. The van der Waals surface area contributed by atoms with Crippen LogP contribution in [0.5, 0.6) is 5.75 Å². The van der Waals surface area contributed by atoms with Crippen LogP contribution in [0.25, 0.3) is 0 Å². The molecule has 19 heavy (non-hydrogen) atoms. The van der Waals surface area contributed by atoms with Crippen LogP contribution in [0.4, 0.5) is 0 Å². The number of nitrogens with zero attached hydrogens (tertiary/aromatic N) is 1. The van der Waals surface area contributed by atoms with Crippen molar-refractivity contribution in [1.29, 1.82) is 0 Å². The van der Waals surface area contributed by atoms with Crippen molar-refractivity contribution in [3.8, 4) is 5.75 Å². The lowest BCUT2D eigenvalue weighted by atomic mass is 10.1. The molecule has 0 aliphatic carbocycles. The van der Waals surface area contributed by atoms with Gasteiger partial charge in [0.25, 0.3) is 0 Å². The van der Waals surface area contributed by atoms with Gasteiger partial charge < -0.3 is 10.1 Å². The van der Waals surface area contributed by atoms with E-state index in [1.54, 1.807) is 7.11 Å². The van der Waals surface area contributed by atoms with Crippen LogP contribution in [-0.4, -0.2) is 38.2 Å². The van der Waals surface area contributed by atoms with E-state index in [1.807, 2.05) is 6.07 Å². The molecule has 0 bridgehead atoms. The fraction of sp³-hybridized carbons (Fsp3) is 0.600. The number of methoxy groups -OCH3 is 1. The van der Waals surface area contributed by atoms with E-state index in [9.17, 15) is 0 Å². The maximum Gasteiger partial charge on any atom is 0.119 e. The average Bonchev–Trinajstić information content (AvgIpc) is 2.68. The quantitative estimate of drug-likeness (QED) is 0.920. The molecule has 3 nitrogen and oxygen atoms in total. The van der Waals surface area contributed by atoms with Crippen LogP contribution >= 0.6 is 12.4 Å². The molecule has 1 N–H and O–H groups in total. The monoisotopic (exact) mass is 284 g/mol. The molecule has 1 unspecified atom stereocenters. The first-order valence-electron chi connectivity index (χ1n) is 6.83. The summed E-state index contributed by atoms with van der Waals surface area (Å²) in [6, 6.07) is 9.07. The first kappa shape index (κ1) is 16.3. The van der Waals surface area contributed by atoms with Crippen LogP contribution in [0.1, 0.15) is 24.8 Å². The second kappa shape index (κ2) is 8.41. The Morgan fingerprint density at radius 3 is 2.95 bits per heavy atom. The molecule has 0 spiro atoms. The minimum Gasteiger partial charge on any atom is -0.497 e. The number of nitrogens with one attached hydrogen (secondary N) is 1. The van der Waals surface area contributed by atoms with Gasteiger partial charge >= 0.3 is 0 Å². The molecule has 1 aromatic carbocycles. The predicted octanol–water partition coefficient (Wildman–Crippen LogP) is 2.69. The molecule has 1 aliphatic rings. The van der Waals surface area contributed by atoms with Crippen molar-refractivity contribution in [2.45, 2.75) is 31.8 Å². The van der Waals surface area contributed by atoms with Crippen molar-refractivity contribution in [2.75, 3.05) is 27.2 Å². The number of benzene rings is 1. The molecule has 0 radical (unpaired) electrons. The number of halogens is 1. The minimum atomic E-state index is 0. The van der Waals surface area contributed by atoms with E-state index in [0.29, 0.717) is 6.04 Å². The Morgan fingerprint density at radius 1 is 1.32 bits per heavy atom. The van der Waals surface area contributed by atoms with Gasteiger partial charge in [0, 0.05) is 12.6 Å². The number of rotatable bonds is 4. The minimum absolute atomic E-state index is 0. The van der Waals surface area contributed by atoms with E-state index in [-0.39, 0.29) is 12.4 Å². The Hall–Kier alpha value is -0.770. The lowest BCUT2D eigenvalue weighted by Crippen LogP contribution is -2.31. The molecule has 1 fully saturated rings. The van der Waals surface area contributed by atoms with Gasteiger partial charge in [-0.05, 0) is 57.1 Å². The molecule has 0 amide bonds. The van der Waals surface area contributed by atoms with Crippen LogP contribution in [0.3, 0.4) is 0 Å². The summed E-state index contributed by atoms with van der Waals surface area (Å²) < 4.78 is 5.27. The van der Waals surface area contributed by atoms with Crippen molar-refractivity contribution in [3.05, 3.63) is 29.8 Å². The van der Waals surface area contributed by atoms with Gasteiger partial charge in [0.2, 0.25) is 0 Å². The molecule has 0 saturated carbocycles. The van der Waals surface area contributed by atoms with Crippen LogP contribution in [0, 0.1) is 0 Å². The van der Waals surface area contributed by atoms with Gasteiger partial charge in [0.1, 0.15) is 5.75 Å². The summed E-state index contributed by atoms with van der Waals surface area (Å²) in [6.45, 7) is 3.32. The van der Waals surface area contributed by atoms with Gasteiger partial charge in [-0.1, -0.05) is 12.1 Å². The Bertz CT molecular complexity index is 365. The van der Waals surface area contributed by atoms with Crippen molar-refractivity contribution in [3.63, 3.8) is 0 Å². The first-order valence-corrected chi connectivity index (χ1v) is 6.83. The molecule has 4 heteroatoms. The van der Waals surface area contributed by atoms with Gasteiger partial charge in [-0.3, -0.25) is 4.90 Å². The van der Waals surface area contributed by atoms with Crippen molar-refractivity contribution >= 4 is 12.4 Å². The maximum atomic E-state index is 5.27. The topological polar surface area (TPSA) is 24.5 Å². The van der Waals surface area contributed by atoms with E-state index in [4.69, 9.17) is 4.74 Å². The largest absolute Gasteiger partial charge is 0.497 e. The summed E-state index contributed by atoms with van der Waals surface area (Å²) in [6.07, 6.45) is 3.83. The molecule has 1 heterocycles. The van der Waals surface area contributed by atoms with E-state index in [0.717, 1.165) is 18.8 Å². The fourth-order valence-corrected chi connectivity index (χ4v) is 2.63. The average molecular weight is 285 g/mol. The van der Waals surface area contributed by atoms with Crippen LogP contribution in [0.15, 0.2) is 24.3 Å². The summed E-state index contributed by atoms with van der Waals surface area (Å²) in [7, 11) is 3.95. The summed E-state index contributed by atoms with van der Waals surface area (Å²) in [5.41, 5.74) is 1.33. The Morgan fingerprint density at radius 2 is 2.16 bits per heavy atom. The third kappa shape index (κ3) is 5.01. The Balaban J connectivity index is 0.00000180. The molecule has 2 rings (SSSR count). The molecular weight excluding hydrogens is 260 g/mol. The molecule has 0 aromatic heterocycles. The summed E-state index contributed by atoms with van der Waals surface area (Å²) >= 11 is 0. The third-order valence-corrected chi connectivity index (χ3v) is 3.73. The highest BCUT2D eigenvalue weighted by Gasteiger charge is 2.16. The predicted molar refractivity (Wildman–Crippen MR) is 82.2 cm³/mol. The zero-order valence-corrected chi connectivity index (χ0v) is 12.7. The maximum absolute atomic E-state index is 5.27. The summed E-state index contributed by atoms with van der Waals surface area (Å²) in [4.78, 5) is 2.47. The normalized spacial score (nSPS) is 19.6. The van der Waals surface area contributed by atoms with Gasteiger partial charge in [-0.2, -0.15) is 0 Å². The van der Waals surface area contributed by atoms with Gasteiger partial charge in [-0.15, -0.1) is 12.4 Å². The third-order valence-electron chi connectivity index (χ3n) is 3.73. The SMILES string of the molecule is COc1cccc(CN(C)C2CCCNCC2)c1.Cl. The zero-order chi connectivity index (χ0) is 12.8. The summed E-state index contributed by atoms with van der Waals surface area (Å²) in [5.74, 6) is 0.948. The summed E-state index contributed by atoms with van der Waals surface area (Å²) in [5, 5.41) is 3.47. The smallest absolute Gasteiger partial charge is 0.119 e. The lowest BCUT2D eigenvalue weighted by molar-refractivity contribution is 0.216. The molecule has 1 atom stereocenters. The molecule has 1 aliphatic heterocycles. The van der Waals surface area contributed by atoms with Crippen molar-refractivity contribution in [1.82, 2.24) is 10.2 Å². The molecule has 108 valence electrons. The van der Waals surface area contributed by atoms with E-state index in [1.165, 1.54) is 31.4 Å². The zero-order valence-electron chi connectivity index (χ0n) is 11.9. The van der Waals surface area contributed by atoms with Crippen LogP contribution in [-0.2, 0) is 6.54 Å². The van der Waals surface area contributed by atoms with E-state index >= 15 is 0 Å². The molecular formula is C15H25ClN2O. The van der Waals surface area contributed by atoms with Gasteiger partial charge in [0.05, 0.1) is 7.11 Å². The van der Waals surface area contributed by atoms with Crippen molar-refractivity contribution in [2.24, 2.45) is 0 Å². The van der Waals surface area contributed by atoms with Gasteiger partial charge in [0.15, 0.2) is 0 Å². The standard InChI is InChI=1S/C15H24N2O.ClH/c1-17(14-6-4-9-16-10-8-14)12-13-5-3-7-15(11-13)18-2;/h3,5,7,11,14,16H,4,6,8-10,12H2,1-2H3;1H. The second-order valence-electron chi connectivity index (χ2n) is 5.10. The molecule has 1 saturated heterocycles.